The quantitative estimate of drug-likeness (QED) is 0.657. The normalized spacial score (nSPS) is 22.0. The third-order valence-corrected chi connectivity index (χ3v) is 5.54. The summed E-state index contributed by atoms with van der Waals surface area (Å²) in [7, 11) is 1.26. The predicted octanol–water partition coefficient (Wildman–Crippen LogP) is 4.19. The van der Waals surface area contributed by atoms with Crippen LogP contribution in [0.4, 0.5) is 0 Å². The largest absolute Gasteiger partial charge is 0.467 e. The molecular weight excluding hydrogens is 367 g/mol. The average Bonchev–Trinajstić information content (AvgIpc) is 2.83. The molecule has 136 valence electrons. The molecule has 5 nitrogen and oxygen atoms in total. The van der Waals surface area contributed by atoms with Gasteiger partial charge in [0.15, 0.2) is 5.78 Å². The molecule has 0 aliphatic heterocycles. The highest BCUT2D eigenvalue weighted by molar-refractivity contribution is 6.44. The maximum Gasteiger partial charge on any atom is 0.331 e. The third kappa shape index (κ3) is 3.59. The van der Waals surface area contributed by atoms with Gasteiger partial charge in [0.1, 0.15) is 12.4 Å². The summed E-state index contributed by atoms with van der Waals surface area (Å²) in [5.74, 6) is -0.765. The van der Waals surface area contributed by atoms with Gasteiger partial charge in [-0.2, -0.15) is 0 Å². The van der Waals surface area contributed by atoms with Crippen LogP contribution in [0.1, 0.15) is 55.1 Å². The molecule has 1 aromatic carbocycles. The lowest BCUT2D eigenvalue weighted by Crippen LogP contribution is -2.34. The van der Waals surface area contributed by atoms with E-state index in [0.717, 1.165) is 0 Å². The van der Waals surface area contributed by atoms with Crippen molar-refractivity contribution in [1.82, 2.24) is 0 Å². The summed E-state index contributed by atoms with van der Waals surface area (Å²) in [4.78, 5) is 36.2. The molecule has 0 radical (unpaired) electrons. The second kappa shape index (κ2) is 7.85. The van der Waals surface area contributed by atoms with Crippen molar-refractivity contribution in [1.29, 1.82) is 0 Å². The number of hydrogen-bond acceptors (Lipinski definition) is 5. The fourth-order valence-electron chi connectivity index (χ4n) is 3.31. The van der Waals surface area contributed by atoms with Gasteiger partial charge in [-0.05, 0) is 31.4 Å². The van der Waals surface area contributed by atoms with Crippen LogP contribution in [0.2, 0.25) is 10.0 Å². The first-order valence-corrected chi connectivity index (χ1v) is 8.74. The summed E-state index contributed by atoms with van der Waals surface area (Å²) in [6.45, 7) is 3.04. The van der Waals surface area contributed by atoms with Crippen molar-refractivity contribution in [2.24, 2.45) is 5.41 Å². The Labute approximate surface area is 156 Å². The summed E-state index contributed by atoms with van der Waals surface area (Å²) >= 11 is 12.3. The predicted molar refractivity (Wildman–Crippen MR) is 94.1 cm³/mol. The topological polar surface area (TPSA) is 69.7 Å². The number of halogens is 2. The van der Waals surface area contributed by atoms with Gasteiger partial charge >= 0.3 is 5.97 Å². The number of rotatable bonds is 7. The number of carbonyl (C=O) groups excluding carboxylic acids is 3. The van der Waals surface area contributed by atoms with E-state index in [0.29, 0.717) is 24.0 Å². The summed E-state index contributed by atoms with van der Waals surface area (Å²) in [5.41, 5.74) is -0.0563. The zero-order valence-electron chi connectivity index (χ0n) is 14.4. The maximum atomic E-state index is 13.2. The van der Waals surface area contributed by atoms with E-state index in [4.69, 9.17) is 27.9 Å². The van der Waals surface area contributed by atoms with Gasteiger partial charge in [0.05, 0.1) is 28.7 Å². The molecule has 7 heteroatoms. The van der Waals surface area contributed by atoms with Crippen LogP contribution in [-0.2, 0) is 19.1 Å². The van der Waals surface area contributed by atoms with E-state index >= 15 is 0 Å². The number of fused-ring (bicyclic) bond motifs is 1. The third-order valence-electron chi connectivity index (χ3n) is 4.74. The molecule has 0 bridgehead atoms. The Bertz CT molecular complexity index is 716. The molecule has 0 heterocycles. The SMILES string of the molecule is CCC1(CCC(C)=O)C(=O)c2c(ccc(Cl)c2Cl)C1OCC(=O)OC. The minimum absolute atomic E-state index is 0.0209. The second-order valence-electron chi connectivity index (χ2n) is 6.13. The van der Waals surface area contributed by atoms with E-state index in [1.807, 2.05) is 6.92 Å². The molecule has 0 N–H and O–H groups in total. The molecule has 0 spiro atoms. The van der Waals surface area contributed by atoms with Crippen LogP contribution < -0.4 is 0 Å². The summed E-state index contributed by atoms with van der Waals surface area (Å²) in [5, 5.41) is 0.452. The van der Waals surface area contributed by atoms with Gasteiger partial charge in [0.25, 0.3) is 0 Å². The molecule has 1 aliphatic carbocycles. The Morgan fingerprint density at radius 1 is 1.28 bits per heavy atom. The fraction of sp³-hybridized carbons (Fsp3) is 0.500. The van der Waals surface area contributed by atoms with E-state index in [1.54, 1.807) is 12.1 Å². The van der Waals surface area contributed by atoms with Crippen molar-refractivity contribution in [3.05, 3.63) is 33.3 Å². The Morgan fingerprint density at radius 3 is 2.52 bits per heavy atom. The number of ether oxygens (including phenoxy) is 2. The molecule has 2 unspecified atom stereocenters. The summed E-state index contributed by atoms with van der Waals surface area (Å²) < 4.78 is 10.4. The van der Waals surface area contributed by atoms with Crippen molar-refractivity contribution in [3.63, 3.8) is 0 Å². The molecule has 2 rings (SSSR count). The Morgan fingerprint density at radius 2 is 1.96 bits per heavy atom. The van der Waals surface area contributed by atoms with Crippen LogP contribution in [-0.4, -0.2) is 31.3 Å². The first-order chi connectivity index (χ1) is 11.8. The number of benzene rings is 1. The Hall–Kier alpha value is -1.43. The standard InChI is InChI=1S/C18H20Cl2O5/c1-4-18(8-7-10(2)21)16(23)14-11(5-6-12(19)15(14)20)17(18)25-9-13(22)24-3/h5-6,17H,4,7-9H2,1-3H3. The van der Waals surface area contributed by atoms with Gasteiger partial charge in [0.2, 0.25) is 0 Å². The second-order valence-corrected chi connectivity index (χ2v) is 6.92. The molecule has 0 amide bonds. The lowest BCUT2D eigenvalue weighted by Gasteiger charge is -2.33. The first-order valence-electron chi connectivity index (χ1n) is 7.99. The zero-order chi connectivity index (χ0) is 18.8. The van der Waals surface area contributed by atoms with Crippen molar-refractivity contribution in [2.45, 2.75) is 39.2 Å². The summed E-state index contributed by atoms with van der Waals surface area (Å²) in [6.07, 6.45) is 0.296. The van der Waals surface area contributed by atoms with E-state index in [9.17, 15) is 14.4 Å². The highest BCUT2D eigenvalue weighted by Crippen LogP contribution is 2.55. The van der Waals surface area contributed by atoms with Gasteiger partial charge in [-0.3, -0.25) is 4.79 Å². The van der Waals surface area contributed by atoms with Gasteiger partial charge < -0.3 is 14.3 Å². The van der Waals surface area contributed by atoms with E-state index in [1.165, 1.54) is 14.0 Å². The number of esters is 1. The fourth-order valence-corrected chi connectivity index (χ4v) is 3.72. The van der Waals surface area contributed by atoms with Crippen LogP contribution in [0.25, 0.3) is 0 Å². The van der Waals surface area contributed by atoms with Gasteiger partial charge in [0, 0.05) is 12.0 Å². The van der Waals surface area contributed by atoms with E-state index in [2.05, 4.69) is 4.74 Å². The van der Waals surface area contributed by atoms with Crippen LogP contribution in [0.3, 0.4) is 0 Å². The van der Waals surface area contributed by atoms with Crippen molar-refractivity contribution in [3.8, 4) is 0 Å². The van der Waals surface area contributed by atoms with Crippen LogP contribution in [0.5, 0.6) is 0 Å². The van der Waals surface area contributed by atoms with Gasteiger partial charge in [-0.1, -0.05) is 36.2 Å². The highest BCUT2D eigenvalue weighted by atomic mass is 35.5. The molecule has 0 saturated heterocycles. The highest BCUT2D eigenvalue weighted by Gasteiger charge is 2.53. The van der Waals surface area contributed by atoms with E-state index in [-0.39, 0.29) is 34.6 Å². The molecule has 2 atom stereocenters. The molecule has 1 aliphatic rings. The molecule has 25 heavy (non-hydrogen) atoms. The first kappa shape index (κ1) is 19.9. The van der Waals surface area contributed by atoms with Crippen LogP contribution in [0.15, 0.2) is 12.1 Å². The van der Waals surface area contributed by atoms with Gasteiger partial charge in [-0.25, -0.2) is 4.79 Å². The minimum Gasteiger partial charge on any atom is -0.467 e. The lowest BCUT2D eigenvalue weighted by atomic mass is 9.74. The van der Waals surface area contributed by atoms with E-state index < -0.39 is 17.5 Å². The van der Waals surface area contributed by atoms with Crippen molar-refractivity contribution < 1.29 is 23.9 Å². The average molecular weight is 387 g/mol. The number of Topliss-reactive ketones (excluding diaryl/α,β-unsaturated/α-hetero) is 2. The number of methoxy groups -OCH3 is 1. The maximum absolute atomic E-state index is 13.2. The molecular formula is C18H20Cl2O5. The molecule has 0 fully saturated rings. The van der Waals surface area contributed by atoms with Crippen LogP contribution in [0, 0.1) is 5.41 Å². The minimum atomic E-state index is -0.962. The number of carbonyl (C=O) groups is 3. The number of ketones is 2. The molecule has 0 saturated carbocycles. The lowest BCUT2D eigenvalue weighted by molar-refractivity contribution is -0.151. The molecule has 1 aromatic rings. The van der Waals surface area contributed by atoms with Gasteiger partial charge in [-0.15, -0.1) is 0 Å². The van der Waals surface area contributed by atoms with Crippen LogP contribution >= 0.6 is 23.2 Å². The van der Waals surface area contributed by atoms with Crippen molar-refractivity contribution in [2.75, 3.05) is 13.7 Å². The Balaban J connectivity index is 2.51. The Kier molecular flexibility index (Phi) is 6.25. The monoisotopic (exact) mass is 386 g/mol. The molecule has 0 aromatic heterocycles. The summed E-state index contributed by atoms with van der Waals surface area (Å²) in [6, 6.07) is 3.29. The number of hydrogen-bond donors (Lipinski definition) is 0. The zero-order valence-corrected chi connectivity index (χ0v) is 15.9. The smallest absolute Gasteiger partial charge is 0.331 e. The van der Waals surface area contributed by atoms with Crippen molar-refractivity contribution >= 4 is 40.7 Å².